The van der Waals surface area contributed by atoms with Crippen molar-refractivity contribution >= 4 is 63.3 Å². The number of aromatic nitrogens is 3. The van der Waals surface area contributed by atoms with Crippen LogP contribution in [-0.4, -0.2) is 62.3 Å². The van der Waals surface area contributed by atoms with E-state index in [9.17, 15) is 12.3 Å². The molecule has 1 unspecified atom stereocenters. The molecule has 38 heavy (non-hydrogen) atoms. The van der Waals surface area contributed by atoms with Gasteiger partial charge in [0, 0.05) is 19.2 Å². The van der Waals surface area contributed by atoms with Crippen LogP contribution in [0.25, 0.3) is 0 Å². The second-order valence-electron chi connectivity index (χ2n) is 8.33. The summed E-state index contributed by atoms with van der Waals surface area (Å²) in [5, 5.41) is 6.40. The van der Waals surface area contributed by atoms with Crippen molar-refractivity contribution in [2.45, 2.75) is 13.0 Å². The number of anilines is 4. The van der Waals surface area contributed by atoms with Crippen LogP contribution in [0.1, 0.15) is 11.1 Å². The van der Waals surface area contributed by atoms with E-state index in [0.29, 0.717) is 17.1 Å². The van der Waals surface area contributed by atoms with Crippen molar-refractivity contribution in [1.29, 1.82) is 0 Å². The normalized spacial score (nSPS) is 13.3. The number of benzene rings is 1. The zero-order chi connectivity index (χ0) is 26.7. The number of likely N-dealkylation sites (N-methyl/N-ethyl adjacent to an activating group) is 1. The number of rotatable bonds is 9. The Morgan fingerprint density at radius 2 is 1.89 bits per heavy atom. The van der Waals surface area contributed by atoms with Gasteiger partial charge in [0.05, 0.1) is 27.1 Å². The zero-order valence-electron chi connectivity index (χ0n) is 21.2. The molecule has 0 amide bonds. The van der Waals surface area contributed by atoms with Gasteiger partial charge >= 0.3 is 10.5 Å². The van der Waals surface area contributed by atoms with Gasteiger partial charge in [0.2, 0.25) is 17.7 Å². The van der Waals surface area contributed by atoms with Crippen molar-refractivity contribution in [3.63, 3.8) is 0 Å². The van der Waals surface area contributed by atoms with Crippen LogP contribution < -0.4 is 24.1 Å². The zero-order valence-corrected chi connectivity index (χ0v) is 25.0. The molecule has 0 spiro atoms. The number of fused-ring (bicyclic) bond motifs is 1. The molecule has 3 aromatic rings. The first kappa shape index (κ1) is 30.0. The van der Waals surface area contributed by atoms with Crippen LogP contribution in [-0.2, 0) is 23.5 Å². The number of hydrogen-bond donors (Lipinski definition) is 2. The second kappa shape index (κ2) is 12.5. The number of hydrogen-bond acceptors (Lipinski definition) is 11. The van der Waals surface area contributed by atoms with E-state index in [0.717, 1.165) is 19.5 Å². The van der Waals surface area contributed by atoms with E-state index in [2.05, 4.69) is 41.7 Å². The van der Waals surface area contributed by atoms with Crippen molar-refractivity contribution in [3.8, 4) is 17.5 Å². The summed E-state index contributed by atoms with van der Waals surface area (Å²) in [5.74, 6) is 0.643. The molecular weight excluding hydrogens is 577 g/mol. The van der Waals surface area contributed by atoms with Crippen LogP contribution in [0, 0.1) is 0 Å². The first-order valence-electron chi connectivity index (χ1n) is 11.0. The van der Waals surface area contributed by atoms with Crippen LogP contribution in [0.15, 0.2) is 30.5 Å². The average Bonchev–Trinajstić information content (AvgIpc) is 2.81. The molecule has 1 atom stereocenters. The number of ether oxygens (including phenoxy) is 1. The van der Waals surface area contributed by atoms with Crippen molar-refractivity contribution in [3.05, 3.63) is 46.6 Å². The minimum atomic E-state index is -5.25. The largest absolute Gasteiger partial charge is 0.495 e. The highest BCUT2D eigenvalue weighted by Gasteiger charge is 2.19. The highest BCUT2D eigenvalue weighted by atomic mass is 35.5. The molecule has 16 heteroatoms. The summed E-state index contributed by atoms with van der Waals surface area (Å²) in [6.45, 7) is 5.42. The van der Waals surface area contributed by atoms with Crippen LogP contribution in [0.5, 0.6) is 17.5 Å². The van der Waals surface area contributed by atoms with Gasteiger partial charge in [-0.25, -0.2) is 4.98 Å². The van der Waals surface area contributed by atoms with Gasteiger partial charge in [-0.3, -0.25) is 0 Å². The SMILES string of the molecule is COc1cc2c(cc1Nc1ncc(Cl)c(Nc3ccc(OS(=O)(=O)F)nc3OP(C)C)n1)CN(C)CC2.P. The van der Waals surface area contributed by atoms with Crippen LogP contribution in [0.2, 0.25) is 5.02 Å². The smallest absolute Gasteiger partial charge is 0.490 e. The van der Waals surface area contributed by atoms with Gasteiger partial charge in [-0.1, -0.05) is 15.5 Å². The third-order valence-electron chi connectivity index (χ3n) is 5.26. The predicted molar refractivity (Wildman–Crippen MR) is 152 cm³/mol. The number of nitrogens with zero attached hydrogens (tertiary/aromatic N) is 4. The maximum atomic E-state index is 13.0. The molecule has 1 aromatic carbocycles. The second-order valence-corrected chi connectivity index (χ2v) is 11.5. The van der Waals surface area contributed by atoms with Gasteiger partial charge in [-0.2, -0.15) is 28.3 Å². The summed E-state index contributed by atoms with van der Waals surface area (Å²) < 4.78 is 50.2. The van der Waals surface area contributed by atoms with Crippen LogP contribution >= 0.6 is 29.6 Å². The third kappa shape index (κ3) is 7.74. The fourth-order valence-corrected chi connectivity index (χ4v) is 4.59. The first-order valence-corrected chi connectivity index (χ1v) is 14.8. The number of pyridine rings is 1. The van der Waals surface area contributed by atoms with Gasteiger partial charge in [-0.05, 0) is 56.1 Å². The van der Waals surface area contributed by atoms with E-state index < -0.39 is 24.5 Å². The summed E-state index contributed by atoms with van der Waals surface area (Å²) >= 11 is 6.34. The quantitative estimate of drug-likeness (QED) is 0.261. The molecule has 2 N–H and O–H groups in total. The Labute approximate surface area is 230 Å². The predicted octanol–water partition coefficient (Wildman–Crippen LogP) is 4.70. The van der Waals surface area contributed by atoms with E-state index in [-0.39, 0.29) is 32.6 Å². The topological polar surface area (TPSA) is 128 Å². The number of methoxy groups -OCH3 is 1. The monoisotopic (exact) mass is 604 g/mol. The lowest BCUT2D eigenvalue weighted by Crippen LogP contribution is -2.26. The fourth-order valence-electron chi connectivity index (χ4n) is 3.67. The van der Waals surface area contributed by atoms with Crippen molar-refractivity contribution in [2.75, 3.05) is 44.7 Å². The Balaban J connectivity index is 0.00000400. The molecule has 2 aromatic heterocycles. The lowest BCUT2D eigenvalue weighted by atomic mass is 9.99. The summed E-state index contributed by atoms with van der Waals surface area (Å²) in [6.07, 6.45) is 2.36. The van der Waals surface area contributed by atoms with Gasteiger partial charge < -0.3 is 29.0 Å². The number of halogens is 2. The van der Waals surface area contributed by atoms with Gasteiger partial charge in [0.25, 0.3) is 0 Å². The van der Waals surface area contributed by atoms with Gasteiger partial charge in [0.15, 0.2) is 5.82 Å². The molecule has 4 rings (SSSR count). The Morgan fingerprint density at radius 1 is 1.13 bits per heavy atom. The van der Waals surface area contributed by atoms with E-state index >= 15 is 0 Å². The molecule has 0 aliphatic carbocycles. The Hall–Kier alpha value is -2.56. The minimum absolute atomic E-state index is 0. The molecule has 0 saturated heterocycles. The summed E-state index contributed by atoms with van der Waals surface area (Å²) in [6, 6.07) is 6.62. The summed E-state index contributed by atoms with van der Waals surface area (Å²) in [5.41, 5.74) is 3.43. The molecule has 0 saturated carbocycles. The highest BCUT2D eigenvalue weighted by Crippen LogP contribution is 2.38. The van der Waals surface area contributed by atoms with Gasteiger partial charge in [-0.15, -0.1) is 0 Å². The first-order chi connectivity index (χ1) is 17.5. The maximum Gasteiger partial charge on any atom is 0.490 e. The van der Waals surface area contributed by atoms with E-state index in [1.807, 2.05) is 25.5 Å². The minimum Gasteiger partial charge on any atom is -0.495 e. The molecule has 11 nitrogen and oxygen atoms in total. The highest BCUT2D eigenvalue weighted by molar-refractivity contribution is 7.81. The van der Waals surface area contributed by atoms with Crippen molar-refractivity contribution in [1.82, 2.24) is 19.9 Å². The standard InChI is InChI=1S/C22H25ClFN6O5PS.H3P/c1-30-8-7-13-10-18(33-2)17(9-14(13)12-30)27-22-25-11-15(23)20(29-22)26-16-5-6-19(35-37(24,31)32)28-21(16)34-36(3)4;/h5-6,9-11H,7-8,12H2,1-4H3,(H2,25,26,27,29);1H3. The molecule has 0 fully saturated rings. The maximum absolute atomic E-state index is 13.0. The fraction of sp³-hybridized carbons (Fsp3) is 0.318. The molecule has 1 aliphatic heterocycles. The summed E-state index contributed by atoms with van der Waals surface area (Å²) in [4.78, 5) is 14.9. The van der Waals surface area contributed by atoms with E-state index in [1.54, 1.807) is 7.11 Å². The summed E-state index contributed by atoms with van der Waals surface area (Å²) in [7, 11) is -2.54. The van der Waals surface area contributed by atoms with E-state index in [4.69, 9.17) is 20.9 Å². The molecule has 0 radical (unpaired) electrons. The number of nitrogens with one attached hydrogen (secondary N) is 2. The average molecular weight is 605 g/mol. The molecular formula is C22H28ClFN6O5P2S. The molecule has 1 aliphatic rings. The Morgan fingerprint density at radius 3 is 2.58 bits per heavy atom. The van der Waals surface area contributed by atoms with Crippen molar-refractivity contribution in [2.24, 2.45) is 0 Å². The lowest BCUT2D eigenvalue weighted by Gasteiger charge is -2.26. The third-order valence-corrected chi connectivity index (χ3v) is 6.44. The Kier molecular flexibility index (Phi) is 9.89. The van der Waals surface area contributed by atoms with Crippen LogP contribution in [0.3, 0.4) is 0 Å². The molecule has 206 valence electrons. The lowest BCUT2D eigenvalue weighted by molar-refractivity contribution is 0.312. The van der Waals surface area contributed by atoms with E-state index in [1.165, 1.54) is 29.5 Å². The van der Waals surface area contributed by atoms with Gasteiger partial charge in [0.1, 0.15) is 16.5 Å². The Bertz CT molecular complexity index is 1420. The van der Waals surface area contributed by atoms with Crippen LogP contribution in [0.4, 0.5) is 27.0 Å². The molecule has 0 bridgehead atoms. The van der Waals surface area contributed by atoms with Crippen molar-refractivity contribution < 1.29 is 25.7 Å². The molecule has 3 heterocycles.